The highest BCUT2D eigenvalue weighted by Gasteiger charge is 2.00. The van der Waals surface area contributed by atoms with Gasteiger partial charge in [0.15, 0.2) is 0 Å². The lowest BCUT2D eigenvalue weighted by molar-refractivity contribution is -0.140. The van der Waals surface area contributed by atoms with Gasteiger partial charge in [-0.1, -0.05) is 0 Å². The summed E-state index contributed by atoms with van der Waals surface area (Å²) in [6.07, 6.45) is 2.08. The molecule has 5 heteroatoms. The molecule has 0 radical (unpaired) electrons. The summed E-state index contributed by atoms with van der Waals surface area (Å²) in [7, 11) is 1.39. The van der Waals surface area contributed by atoms with E-state index in [4.69, 9.17) is 0 Å². The Morgan fingerprint density at radius 3 is 3.00 bits per heavy atom. The number of rotatable bonds is 6. The van der Waals surface area contributed by atoms with Gasteiger partial charge in [-0.15, -0.1) is 0 Å². The average Bonchev–Trinajstić information content (AvgIpc) is 2.30. The molecule has 5 nitrogen and oxygen atoms in total. The van der Waals surface area contributed by atoms with Gasteiger partial charge in [-0.05, 0) is 13.0 Å². The van der Waals surface area contributed by atoms with Crippen LogP contribution in [0.15, 0.2) is 18.3 Å². The highest BCUT2D eigenvalue weighted by molar-refractivity contribution is 5.69. The van der Waals surface area contributed by atoms with E-state index in [-0.39, 0.29) is 5.97 Å². The van der Waals surface area contributed by atoms with Gasteiger partial charge in [0.1, 0.15) is 5.82 Å². The number of pyridine rings is 1. The summed E-state index contributed by atoms with van der Waals surface area (Å²) in [6.45, 7) is 3.40. The smallest absolute Gasteiger partial charge is 0.307 e. The lowest BCUT2D eigenvalue weighted by atomic mass is 10.3. The molecular formula is C11H17N3O2. The number of methoxy groups -OCH3 is 1. The number of nitrogens with zero attached hydrogens (tertiary/aromatic N) is 1. The summed E-state index contributed by atoms with van der Waals surface area (Å²) in [5.74, 6) is 0.610. The quantitative estimate of drug-likeness (QED) is 0.715. The van der Waals surface area contributed by atoms with Gasteiger partial charge in [0.25, 0.3) is 0 Å². The molecule has 0 bridgehead atoms. The van der Waals surface area contributed by atoms with Gasteiger partial charge in [-0.25, -0.2) is 4.98 Å². The van der Waals surface area contributed by atoms with Gasteiger partial charge in [0.2, 0.25) is 0 Å². The lowest BCUT2D eigenvalue weighted by Crippen LogP contribution is -2.10. The molecule has 0 spiro atoms. The standard InChI is InChI=1S/C11H17N3O2/c1-3-12-10-8-9(4-6-14-10)13-7-5-11(15)16-2/h4,6,8H,3,5,7H2,1-2H3,(H2,12,13,14). The zero-order valence-corrected chi connectivity index (χ0v) is 9.62. The Labute approximate surface area is 95.2 Å². The van der Waals surface area contributed by atoms with Crippen molar-refractivity contribution in [1.82, 2.24) is 4.98 Å². The molecule has 0 aromatic carbocycles. The van der Waals surface area contributed by atoms with Crippen LogP contribution >= 0.6 is 0 Å². The molecule has 16 heavy (non-hydrogen) atoms. The third-order valence-electron chi connectivity index (χ3n) is 2.00. The van der Waals surface area contributed by atoms with Gasteiger partial charge in [-0.2, -0.15) is 0 Å². The Bertz CT molecular complexity index is 342. The van der Waals surface area contributed by atoms with Crippen LogP contribution in [0, 0.1) is 0 Å². The summed E-state index contributed by atoms with van der Waals surface area (Å²) in [5, 5.41) is 6.24. The van der Waals surface area contributed by atoms with E-state index in [0.717, 1.165) is 18.1 Å². The van der Waals surface area contributed by atoms with E-state index < -0.39 is 0 Å². The minimum Gasteiger partial charge on any atom is -0.469 e. The van der Waals surface area contributed by atoms with E-state index in [0.29, 0.717) is 13.0 Å². The van der Waals surface area contributed by atoms with Gasteiger partial charge in [-0.3, -0.25) is 4.79 Å². The number of ether oxygens (including phenoxy) is 1. The first-order chi connectivity index (χ1) is 7.76. The minimum absolute atomic E-state index is 0.214. The molecule has 1 rings (SSSR count). The summed E-state index contributed by atoms with van der Waals surface area (Å²) >= 11 is 0. The van der Waals surface area contributed by atoms with Crippen molar-refractivity contribution in [2.45, 2.75) is 13.3 Å². The van der Waals surface area contributed by atoms with Crippen LogP contribution in [0.1, 0.15) is 13.3 Å². The molecule has 0 aliphatic heterocycles. The maximum absolute atomic E-state index is 10.9. The van der Waals surface area contributed by atoms with Crippen LogP contribution in [0.5, 0.6) is 0 Å². The molecule has 1 aromatic heterocycles. The molecule has 2 N–H and O–H groups in total. The summed E-state index contributed by atoms with van der Waals surface area (Å²) in [4.78, 5) is 15.0. The van der Waals surface area contributed by atoms with Gasteiger partial charge < -0.3 is 15.4 Å². The molecule has 0 unspecified atom stereocenters. The van der Waals surface area contributed by atoms with Crippen molar-refractivity contribution in [2.24, 2.45) is 0 Å². The number of aromatic nitrogens is 1. The number of carbonyl (C=O) groups excluding carboxylic acids is 1. The predicted octanol–water partition coefficient (Wildman–Crippen LogP) is 1.49. The van der Waals surface area contributed by atoms with Crippen molar-refractivity contribution in [1.29, 1.82) is 0 Å². The number of hydrogen-bond acceptors (Lipinski definition) is 5. The van der Waals surface area contributed by atoms with Crippen molar-refractivity contribution < 1.29 is 9.53 Å². The maximum atomic E-state index is 10.9. The normalized spacial score (nSPS) is 9.62. The van der Waals surface area contributed by atoms with Gasteiger partial charge in [0.05, 0.1) is 13.5 Å². The number of esters is 1. The Morgan fingerprint density at radius 2 is 2.31 bits per heavy atom. The molecule has 0 aliphatic carbocycles. The number of carbonyl (C=O) groups is 1. The first-order valence-corrected chi connectivity index (χ1v) is 5.27. The second-order valence-electron chi connectivity index (χ2n) is 3.21. The van der Waals surface area contributed by atoms with E-state index in [1.165, 1.54) is 7.11 Å². The third kappa shape index (κ3) is 4.16. The van der Waals surface area contributed by atoms with Gasteiger partial charge in [0, 0.05) is 31.0 Å². The Balaban J connectivity index is 2.41. The summed E-state index contributed by atoms with van der Waals surface area (Å²) in [5.41, 5.74) is 0.940. The van der Waals surface area contributed by atoms with E-state index in [1.54, 1.807) is 6.20 Å². The Morgan fingerprint density at radius 1 is 1.50 bits per heavy atom. The molecule has 0 aliphatic rings. The SMILES string of the molecule is CCNc1cc(NCCC(=O)OC)ccn1. The average molecular weight is 223 g/mol. The topological polar surface area (TPSA) is 63.2 Å². The molecular weight excluding hydrogens is 206 g/mol. The second-order valence-corrected chi connectivity index (χ2v) is 3.21. The largest absolute Gasteiger partial charge is 0.469 e. The highest BCUT2D eigenvalue weighted by Crippen LogP contribution is 2.11. The minimum atomic E-state index is -0.214. The third-order valence-corrected chi connectivity index (χ3v) is 2.00. The monoisotopic (exact) mass is 223 g/mol. The molecule has 0 atom stereocenters. The molecule has 1 heterocycles. The zero-order chi connectivity index (χ0) is 11.8. The summed E-state index contributed by atoms with van der Waals surface area (Å²) in [6, 6.07) is 3.76. The molecule has 0 amide bonds. The lowest BCUT2D eigenvalue weighted by Gasteiger charge is -2.07. The van der Waals surface area contributed by atoms with E-state index in [1.807, 2.05) is 19.1 Å². The maximum Gasteiger partial charge on any atom is 0.307 e. The van der Waals surface area contributed by atoms with E-state index in [9.17, 15) is 4.79 Å². The van der Waals surface area contributed by atoms with Gasteiger partial charge >= 0.3 is 5.97 Å². The first-order valence-electron chi connectivity index (χ1n) is 5.27. The van der Waals surface area contributed by atoms with Crippen molar-refractivity contribution in [3.63, 3.8) is 0 Å². The van der Waals surface area contributed by atoms with Crippen LogP contribution in [-0.2, 0) is 9.53 Å². The van der Waals surface area contributed by atoms with Crippen LogP contribution in [0.4, 0.5) is 11.5 Å². The van der Waals surface area contributed by atoms with Crippen LogP contribution in [0.2, 0.25) is 0 Å². The fourth-order valence-corrected chi connectivity index (χ4v) is 1.23. The molecule has 0 saturated carbocycles. The van der Waals surface area contributed by atoms with Crippen molar-refractivity contribution >= 4 is 17.5 Å². The Hall–Kier alpha value is -1.78. The van der Waals surface area contributed by atoms with Crippen LogP contribution in [0.3, 0.4) is 0 Å². The van der Waals surface area contributed by atoms with Crippen LogP contribution < -0.4 is 10.6 Å². The molecule has 0 fully saturated rings. The van der Waals surface area contributed by atoms with E-state index >= 15 is 0 Å². The Kier molecular flexibility index (Phi) is 5.11. The second kappa shape index (κ2) is 6.66. The fraction of sp³-hybridized carbons (Fsp3) is 0.455. The molecule has 1 aromatic rings. The van der Waals surface area contributed by atoms with Crippen molar-refractivity contribution in [3.05, 3.63) is 18.3 Å². The van der Waals surface area contributed by atoms with Crippen molar-refractivity contribution in [2.75, 3.05) is 30.8 Å². The van der Waals surface area contributed by atoms with Crippen molar-refractivity contribution in [3.8, 4) is 0 Å². The van der Waals surface area contributed by atoms with E-state index in [2.05, 4.69) is 20.4 Å². The predicted molar refractivity (Wildman–Crippen MR) is 63.5 cm³/mol. The number of nitrogens with one attached hydrogen (secondary N) is 2. The zero-order valence-electron chi connectivity index (χ0n) is 9.62. The van der Waals surface area contributed by atoms with Crippen LogP contribution in [-0.4, -0.2) is 31.2 Å². The molecule has 0 saturated heterocycles. The summed E-state index contributed by atoms with van der Waals surface area (Å²) < 4.78 is 4.55. The first kappa shape index (κ1) is 12.3. The van der Waals surface area contributed by atoms with Crippen LogP contribution in [0.25, 0.3) is 0 Å². The fourth-order valence-electron chi connectivity index (χ4n) is 1.23. The number of anilines is 2. The highest BCUT2D eigenvalue weighted by atomic mass is 16.5. The molecule has 88 valence electrons. The number of hydrogen-bond donors (Lipinski definition) is 2.